The van der Waals surface area contributed by atoms with E-state index in [9.17, 15) is 18.0 Å². The summed E-state index contributed by atoms with van der Waals surface area (Å²) >= 11 is 5.40. The van der Waals surface area contributed by atoms with Crippen LogP contribution in [0.4, 0.5) is 13.2 Å². The van der Waals surface area contributed by atoms with Crippen molar-refractivity contribution in [3.05, 3.63) is 28.8 Å². The van der Waals surface area contributed by atoms with Crippen LogP contribution in [0.1, 0.15) is 28.0 Å². The molecule has 16 heavy (non-hydrogen) atoms. The molecule has 0 aliphatic heterocycles. The van der Waals surface area contributed by atoms with Gasteiger partial charge in [-0.25, -0.2) is 18.6 Å². The number of pyridine rings is 1. The van der Waals surface area contributed by atoms with E-state index in [0.29, 0.717) is 0 Å². The van der Waals surface area contributed by atoms with Crippen molar-refractivity contribution in [3.63, 3.8) is 0 Å². The average molecular weight is 254 g/mol. The van der Waals surface area contributed by atoms with Crippen molar-refractivity contribution in [3.8, 4) is 0 Å². The Bertz CT molecular complexity index is 412. The van der Waals surface area contributed by atoms with Crippen molar-refractivity contribution in [2.75, 3.05) is 7.11 Å². The van der Waals surface area contributed by atoms with Crippen LogP contribution in [-0.4, -0.2) is 18.1 Å². The molecule has 1 heterocycles. The third-order valence-electron chi connectivity index (χ3n) is 1.84. The molecule has 0 amide bonds. The van der Waals surface area contributed by atoms with Gasteiger partial charge >= 0.3 is 5.97 Å². The van der Waals surface area contributed by atoms with Gasteiger partial charge in [0.05, 0.1) is 7.11 Å². The minimum atomic E-state index is -2.95. The first-order chi connectivity index (χ1) is 7.51. The third kappa shape index (κ3) is 2.44. The lowest BCUT2D eigenvalue weighted by Gasteiger charge is -2.08. The van der Waals surface area contributed by atoms with Gasteiger partial charge < -0.3 is 4.74 Å². The van der Waals surface area contributed by atoms with Crippen molar-refractivity contribution in [1.29, 1.82) is 0 Å². The first-order valence-electron chi connectivity index (χ1n) is 4.13. The fourth-order valence-electron chi connectivity index (χ4n) is 1.09. The predicted molar refractivity (Wildman–Crippen MR) is 50.0 cm³/mol. The van der Waals surface area contributed by atoms with E-state index in [2.05, 4.69) is 9.72 Å². The van der Waals surface area contributed by atoms with Crippen LogP contribution in [0.2, 0.25) is 0 Å². The second kappa shape index (κ2) is 5.16. The number of ether oxygens (including phenoxy) is 1. The molecule has 0 unspecified atom stereocenters. The van der Waals surface area contributed by atoms with Crippen molar-refractivity contribution >= 4 is 17.6 Å². The van der Waals surface area contributed by atoms with Gasteiger partial charge in [0.15, 0.2) is 0 Å². The molecule has 0 spiro atoms. The van der Waals surface area contributed by atoms with Crippen LogP contribution in [0.15, 0.2) is 6.07 Å². The Morgan fingerprint density at radius 3 is 2.69 bits per heavy atom. The highest BCUT2D eigenvalue weighted by atomic mass is 35.5. The highest BCUT2D eigenvalue weighted by Crippen LogP contribution is 2.24. The van der Waals surface area contributed by atoms with E-state index < -0.39 is 29.6 Å². The Balaban J connectivity index is 3.31. The molecule has 0 bridgehead atoms. The second-order valence-corrected chi connectivity index (χ2v) is 3.06. The standard InChI is InChI=1S/C9H7ClF3NO2/c1-16-9(15)5-2-4(3-10)6(7(11)12)14-8(5)13/h2,7H,3H2,1H3. The molecular weight excluding hydrogens is 247 g/mol. The molecule has 0 radical (unpaired) electrons. The van der Waals surface area contributed by atoms with Crippen molar-refractivity contribution < 1.29 is 22.7 Å². The number of aromatic nitrogens is 1. The molecule has 1 aromatic rings. The van der Waals surface area contributed by atoms with Crippen LogP contribution >= 0.6 is 11.6 Å². The molecule has 0 saturated carbocycles. The number of nitrogens with zero attached hydrogens (tertiary/aromatic N) is 1. The summed E-state index contributed by atoms with van der Waals surface area (Å²) in [5, 5.41) is 0. The molecular formula is C9H7ClF3NO2. The Morgan fingerprint density at radius 2 is 2.25 bits per heavy atom. The zero-order valence-corrected chi connectivity index (χ0v) is 8.89. The number of hydrogen-bond donors (Lipinski definition) is 0. The highest BCUT2D eigenvalue weighted by Gasteiger charge is 2.21. The van der Waals surface area contributed by atoms with Crippen LogP contribution in [0.25, 0.3) is 0 Å². The summed E-state index contributed by atoms with van der Waals surface area (Å²) in [5.74, 6) is -2.58. The molecule has 0 aliphatic rings. The van der Waals surface area contributed by atoms with Gasteiger partial charge in [-0.3, -0.25) is 0 Å². The molecule has 1 aromatic heterocycles. The maximum absolute atomic E-state index is 13.2. The highest BCUT2D eigenvalue weighted by molar-refractivity contribution is 6.17. The number of esters is 1. The number of carbonyl (C=O) groups is 1. The van der Waals surface area contributed by atoms with Gasteiger partial charge in [0.1, 0.15) is 11.3 Å². The van der Waals surface area contributed by atoms with E-state index in [4.69, 9.17) is 11.6 Å². The average Bonchev–Trinajstić information content (AvgIpc) is 2.27. The number of halogens is 4. The van der Waals surface area contributed by atoms with Gasteiger partial charge in [-0.15, -0.1) is 11.6 Å². The molecule has 7 heteroatoms. The van der Waals surface area contributed by atoms with E-state index >= 15 is 0 Å². The number of rotatable bonds is 3. The van der Waals surface area contributed by atoms with Gasteiger partial charge in [-0.2, -0.15) is 4.39 Å². The van der Waals surface area contributed by atoms with Gasteiger partial charge in [0, 0.05) is 5.88 Å². The van der Waals surface area contributed by atoms with Crippen LogP contribution in [0.5, 0.6) is 0 Å². The summed E-state index contributed by atoms with van der Waals surface area (Å²) in [7, 11) is 1.04. The van der Waals surface area contributed by atoms with E-state index in [1.807, 2.05) is 0 Å². The van der Waals surface area contributed by atoms with Crippen LogP contribution in [0.3, 0.4) is 0 Å². The van der Waals surface area contributed by atoms with Crippen LogP contribution < -0.4 is 0 Å². The number of hydrogen-bond acceptors (Lipinski definition) is 3. The topological polar surface area (TPSA) is 39.2 Å². The van der Waals surface area contributed by atoms with Crippen molar-refractivity contribution in [1.82, 2.24) is 4.98 Å². The molecule has 0 aliphatic carbocycles. The molecule has 1 rings (SSSR count). The summed E-state index contributed by atoms with van der Waals surface area (Å²) < 4.78 is 42.3. The fourth-order valence-corrected chi connectivity index (χ4v) is 1.31. The Hall–Kier alpha value is -1.30. The Kier molecular flexibility index (Phi) is 4.12. The molecule has 0 saturated heterocycles. The van der Waals surface area contributed by atoms with Crippen molar-refractivity contribution in [2.45, 2.75) is 12.3 Å². The smallest absolute Gasteiger partial charge is 0.342 e. The predicted octanol–water partition coefficient (Wildman–Crippen LogP) is 2.68. The van der Waals surface area contributed by atoms with E-state index in [1.165, 1.54) is 0 Å². The molecule has 0 atom stereocenters. The zero-order chi connectivity index (χ0) is 12.3. The minimum absolute atomic E-state index is 0.0986. The van der Waals surface area contributed by atoms with E-state index in [1.54, 1.807) is 0 Å². The normalized spacial score (nSPS) is 10.6. The number of carbonyl (C=O) groups excluding carboxylic acids is 1. The summed E-state index contributed by atoms with van der Waals surface area (Å²) in [6.45, 7) is 0. The van der Waals surface area contributed by atoms with Gasteiger partial charge in [0.25, 0.3) is 6.43 Å². The molecule has 0 N–H and O–H groups in total. The van der Waals surface area contributed by atoms with Gasteiger partial charge in [0.2, 0.25) is 5.95 Å². The molecule has 88 valence electrons. The van der Waals surface area contributed by atoms with E-state index in [-0.39, 0.29) is 11.4 Å². The Morgan fingerprint density at radius 1 is 1.62 bits per heavy atom. The third-order valence-corrected chi connectivity index (χ3v) is 2.13. The van der Waals surface area contributed by atoms with Crippen LogP contribution in [-0.2, 0) is 10.6 Å². The van der Waals surface area contributed by atoms with Gasteiger partial charge in [-0.05, 0) is 11.6 Å². The summed E-state index contributed by atoms with van der Waals surface area (Å²) in [4.78, 5) is 14.1. The monoisotopic (exact) mass is 253 g/mol. The maximum Gasteiger partial charge on any atom is 0.342 e. The fraction of sp³-hybridized carbons (Fsp3) is 0.333. The van der Waals surface area contributed by atoms with E-state index in [0.717, 1.165) is 13.2 Å². The summed E-state index contributed by atoms with van der Waals surface area (Å²) in [6.07, 6.45) is -2.95. The SMILES string of the molecule is COC(=O)c1cc(CCl)c(C(F)F)nc1F. The number of methoxy groups -OCH3 is 1. The van der Waals surface area contributed by atoms with Crippen molar-refractivity contribution in [2.24, 2.45) is 0 Å². The lowest BCUT2D eigenvalue weighted by Crippen LogP contribution is -2.10. The molecule has 3 nitrogen and oxygen atoms in total. The summed E-state index contributed by atoms with van der Waals surface area (Å²) in [6, 6.07) is 0.919. The summed E-state index contributed by atoms with van der Waals surface area (Å²) in [5.41, 5.74) is -1.37. The second-order valence-electron chi connectivity index (χ2n) is 2.80. The molecule has 0 fully saturated rings. The minimum Gasteiger partial charge on any atom is -0.465 e. The first-order valence-corrected chi connectivity index (χ1v) is 4.66. The first kappa shape index (κ1) is 12.8. The maximum atomic E-state index is 13.2. The number of alkyl halides is 3. The Labute approximate surface area is 94.2 Å². The molecule has 0 aromatic carbocycles. The lowest BCUT2D eigenvalue weighted by atomic mass is 10.1. The largest absolute Gasteiger partial charge is 0.465 e. The van der Waals surface area contributed by atoms with Gasteiger partial charge in [-0.1, -0.05) is 0 Å². The lowest BCUT2D eigenvalue weighted by molar-refractivity contribution is 0.0593. The van der Waals surface area contributed by atoms with Crippen LogP contribution in [0, 0.1) is 5.95 Å². The zero-order valence-electron chi connectivity index (χ0n) is 8.14. The quantitative estimate of drug-likeness (QED) is 0.472.